The van der Waals surface area contributed by atoms with E-state index in [-0.39, 0.29) is 11.4 Å². The minimum absolute atomic E-state index is 0.0319. The molecule has 1 saturated carbocycles. The summed E-state index contributed by atoms with van der Waals surface area (Å²) >= 11 is 0. The molecule has 1 amide bonds. The lowest BCUT2D eigenvalue weighted by Gasteiger charge is -2.45. The zero-order valence-corrected chi connectivity index (χ0v) is 10.8. The number of carbonyl (C=O) groups is 1. The Morgan fingerprint density at radius 1 is 1.62 bits per heavy atom. The molecule has 0 heterocycles. The predicted octanol–water partition coefficient (Wildman–Crippen LogP) is 0.572. The zero-order chi connectivity index (χ0) is 12.2. The molecule has 0 bridgehead atoms. The Labute approximate surface area is 98.6 Å². The minimum Gasteiger partial charge on any atom is -0.358 e. The van der Waals surface area contributed by atoms with Crippen molar-refractivity contribution in [3.05, 3.63) is 0 Å². The summed E-state index contributed by atoms with van der Waals surface area (Å²) in [5.41, 5.74) is 5.98. The zero-order valence-electron chi connectivity index (χ0n) is 10.8. The Balaban J connectivity index is 2.66. The molecule has 1 fully saturated rings. The van der Waals surface area contributed by atoms with E-state index in [0.717, 1.165) is 12.8 Å². The Hall–Kier alpha value is -0.610. The summed E-state index contributed by atoms with van der Waals surface area (Å²) in [6.07, 6.45) is 4.73. The van der Waals surface area contributed by atoms with E-state index in [1.165, 1.54) is 12.8 Å². The molecule has 4 nitrogen and oxygen atoms in total. The van der Waals surface area contributed by atoms with Gasteiger partial charge in [0, 0.05) is 19.1 Å². The number of rotatable bonds is 4. The van der Waals surface area contributed by atoms with Crippen LogP contribution in [0.4, 0.5) is 0 Å². The Morgan fingerprint density at radius 2 is 2.31 bits per heavy atom. The number of nitrogens with zero attached hydrogens (tertiary/aromatic N) is 1. The van der Waals surface area contributed by atoms with E-state index in [2.05, 4.69) is 17.1 Å². The van der Waals surface area contributed by atoms with E-state index in [1.807, 2.05) is 7.05 Å². The van der Waals surface area contributed by atoms with Gasteiger partial charge in [-0.2, -0.15) is 0 Å². The highest BCUT2D eigenvalue weighted by Crippen LogP contribution is 2.35. The van der Waals surface area contributed by atoms with Gasteiger partial charge in [0.1, 0.15) is 0 Å². The monoisotopic (exact) mass is 227 g/mol. The van der Waals surface area contributed by atoms with Crippen LogP contribution < -0.4 is 11.1 Å². The highest BCUT2D eigenvalue weighted by atomic mass is 16.1. The van der Waals surface area contributed by atoms with Gasteiger partial charge in [0.2, 0.25) is 5.91 Å². The molecule has 3 N–H and O–H groups in total. The molecular weight excluding hydrogens is 202 g/mol. The van der Waals surface area contributed by atoms with Crippen molar-refractivity contribution in [3.8, 4) is 0 Å². The number of hydrogen-bond donors (Lipinski definition) is 2. The van der Waals surface area contributed by atoms with Crippen molar-refractivity contribution < 1.29 is 4.79 Å². The second-order valence-corrected chi connectivity index (χ2v) is 5.16. The van der Waals surface area contributed by atoms with Crippen LogP contribution in [0, 0.1) is 5.92 Å². The van der Waals surface area contributed by atoms with Crippen molar-refractivity contribution in [1.29, 1.82) is 0 Å². The molecule has 0 aromatic heterocycles. The molecule has 2 atom stereocenters. The predicted molar refractivity (Wildman–Crippen MR) is 66.1 cm³/mol. The number of amides is 1. The Bertz CT molecular complexity index is 244. The third-order valence-corrected chi connectivity index (χ3v) is 3.92. The molecule has 2 unspecified atom stereocenters. The fourth-order valence-electron chi connectivity index (χ4n) is 2.78. The van der Waals surface area contributed by atoms with Crippen LogP contribution in [0.3, 0.4) is 0 Å². The fourth-order valence-corrected chi connectivity index (χ4v) is 2.78. The van der Waals surface area contributed by atoms with Crippen molar-refractivity contribution in [2.24, 2.45) is 11.7 Å². The van der Waals surface area contributed by atoms with Crippen LogP contribution in [0.5, 0.6) is 0 Å². The Morgan fingerprint density at radius 3 is 2.81 bits per heavy atom. The van der Waals surface area contributed by atoms with Gasteiger partial charge < -0.3 is 11.1 Å². The number of nitrogens with two attached hydrogens (primary N) is 1. The van der Waals surface area contributed by atoms with Gasteiger partial charge in [-0.1, -0.05) is 19.8 Å². The lowest BCUT2D eigenvalue weighted by molar-refractivity contribution is -0.123. The largest absolute Gasteiger partial charge is 0.358 e. The molecule has 0 saturated heterocycles. The molecule has 1 rings (SSSR count). The summed E-state index contributed by atoms with van der Waals surface area (Å²) in [4.78, 5) is 13.6. The first-order valence-electron chi connectivity index (χ1n) is 6.16. The number of likely N-dealkylation sites (N-methyl/N-ethyl adjacent to an activating group) is 2. The number of hydrogen-bond acceptors (Lipinski definition) is 3. The van der Waals surface area contributed by atoms with Gasteiger partial charge in [-0.25, -0.2) is 0 Å². The molecule has 0 spiro atoms. The second kappa shape index (κ2) is 5.64. The summed E-state index contributed by atoms with van der Waals surface area (Å²) < 4.78 is 0. The van der Waals surface area contributed by atoms with Crippen LogP contribution in [-0.4, -0.2) is 43.5 Å². The molecule has 0 aromatic carbocycles. The third kappa shape index (κ3) is 2.95. The van der Waals surface area contributed by atoms with Gasteiger partial charge in [-0.15, -0.1) is 0 Å². The average molecular weight is 227 g/mol. The molecule has 0 aliphatic heterocycles. The van der Waals surface area contributed by atoms with E-state index in [0.29, 0.717) is 19.0 Å². The molecule has 0 radical (unpaired) electrons. The maximum absolute atomic E-state index is 11.4. The normalized spacial score (nSPS) is 30.4. The molecule has 1 aliphatic carbocycles. The summed E-state index contributed by atoms with van der Waals surface area (Å²) in [5, 5.41) is 2.67. The van der Waals surface area contributed by atoms with Gasteiger partial charge in [0.15, 0.2) is 0 Å². The van der Waals surface area contributed by atoms with E-state index in [1.54, 1.807) is 7.05 Å². The first-order chi connectivity index (χ1) is 7.54. The minimum atomic E-state index is 0.0319. The van der Waals surface area contributed by atoms with Crippen molar-refractivity contribution in [3.63, 3.8) is 0 Å². The SMILES string of the molecule is CNC(=O)CN(C)C1(CN)CCCC(C)C1. The topological polar surface area (TPSA) is 58.4 Å². The maximum Gasteiger partial charge on any atom is 0.233 e. The van der Waals surface area contributed by atoms with Crippen LogP contribution in [0.1, 0.15) is 32.6 Å². The van der Waals surface area contributed by atoms with Crippen LogP contribution in [0.25, 0.3) is 0 Å². The van der Waals surface area contributed by atoms with E-state index in [4.69, 9.17) is 5.73 Å². The van der Waals surface area contributed by atoms with E-state index < -0.39 is 0 Å². The maximum atomic E-state index is 11.4. The first-order valence-corrected chi connectivity index (χ1v) is 6.16. The second-order valence-electron chi connectivity index (χ2n) is 5.16. The van der Waals surface area contributed by atoms with Crippen molar-refractivity contribution >= 4 is 5.91 Å². The van der Waals surface area contributed by atoms with Crippen LogP contribution >= 0.6 is 0 Å². The fraction of sp³-hybridized carbons (Fsp3) is 0.917. The van der Waals surface area contributed by atoms with Crippen LogP contribution in [-0.2, 0) is 4.79 Å². The molecule has 1 aliphatic rings. The summed E-state index contributed by atoms with van der Waals surface area (Å²) in [5.74, 6) is 0.776. The van der Waals surface area contributed by atoms with Gasteiger partial charge in [0.05, 0.1) is 6.54 Å². The van der Waals surface area contributed by atoms with Gasteiger partial charge in [-0.3, -0.25) is 9.69 Å². The summed E-state index contributed by atoms with van der Waals surface area (Å²) in [6.45, 7) is 3.36. The molecule has 0 aromatic rings. The molecule has 94 valence electrons. The summed E-state index contributed by atoms with van der Waals surface area (Å²) in [7, 11) is 3.69. The molecule has 4 heteroatoms. The third-order valence-electron chi connectivity index (χ3n) is 3.92. The van der Waals surface area contributed by atoms with Gasteiger partial charge in [-0.05, 0) is 25.8 Å². The highest BCUT2D eigenvalue weighted by Gasteiger charge is 2.37. The quantitative estimate of drug-likeness (QED) is 0.738. The lowest BCUT2D eigenvalue weighted by Crippen LogP contribution is -2.56. The standard InChI is InChI=1S/C12H25N3O/c1-10-5-4-6-12(7-10,9-13)15(3)8-11(16)14-2/h10H,4-9,13H2,1-3H3,(H,14,16). The number of nitrogens with one attached hydrogen (secondary N) is 1. The first kappa shape index (κ1) is 13.5. The van der Waals surface area contributed by atoms with E-state index in [9.17, 15) is 4.79 Å². The number of carbonyl (C=O) groups excluding carboxylic acids is 1. The Kier molecular flexibility index (Phi) is 4.74. The lowest BCUT2D eigenvalue weighted by atomic mass is 9.75. The molecular formula is C12H25N3O. The van der Waals surface area contributed by atoms with Gasteiger partial charge >= 0.3 is 0 Å². The smallest absolute Gasteiger partial charge is 0.233 e. The van der Waals surface area contributed by atoms with Crippen molar-refractivity contribution in [2.45, 2.75) is 38.1 Å². The van der Waals surface area contributed by atoms with Gasteiger partial charge in [0.25, 0.3) is 0 Å². The van der Waals surface area contributed by atoms with Crippen molar-refractivity contribution in [2.75, 3.05) is 27.2 Å². The van der Waals surface area contributed by atoms with Crippen LogP contribution in [0.2, 0.25) is 0 Å². The average Bonchev–Trinajstić information content (AvgIpc) is 2.28. The highest BCUT2D eigenvalue weighted by molar-refractivity contribution is 5.77. The van der Waals surface area contributed by atoms with Crippen LogP contribution in [0.15, 0.2) is 0 Å². The summed E-state index contributed by atoms with van der Waals surface area (Å²) in [6, 6.07) is 0. The molecule has 16 heavy (non-hydrogen) atoms. The van der Waals surface area contributed by atoms with Crippen molar-refractivity contribution in [1.82, 2.24) is 10.2 Å². The van der Waals surface area contributed by atoms with E-state index >= 15 is 0 Å².